The molecule has 1 aliphatic carbocycles. The smallest absolute Gasteiger partial charge is 0.335 e. The number of Topliss-reactive ketones (excluding diaryl/α,β-unsaturated/α-hetero) is 1. The van der Waals surface area contributed by atoms with Gasteiger partial charge in [-0.15, -0.1) is 0 Å². The number of carbonyl (C=O) groups is 2. The third-order valence-corrected chi connectivity index (χ3v) is 5.51. The summed E-state index contributed by atoms with van der Waals surface area (Å²) in [6.45, 7) is 0. The maximum absolute atomic E-state index is 13.3. The second-order valence-electron chi connectivity index (χ2n) is 7.60. The van der Waals surface area contributed by atoms with Crippen LogP contribution in [0.1, 0.15) is 40.7 Å². The molecule has 1 aliphatic rings. The van der Waals surface area contributed by atoms with E-state index in [0.29, 0.717) is 25.7 Å². The first-order valence-electron chi connectivity index (χ1n) is 9.88. The second-order valence-corrected chi connectivity index (χ2v) is 7.60. The van der Waals surface area contributed by atoms with Crippen molar-refractivity contribution < 1.29 is 24.2 Å². The number of carboxylic acids is 1. The molecule has 0 saturated heterocycles. The number of rotatable bonds is 8. The van der Waals surface area contributed by atoms with E-state index in [9.17, 15) is 19.1 Å². The van der Waals surface area contributed by atoms with E-state index in [2.05, 4.69) is 0 Å². The Morgan fingerprint density at radius 1 is 1.17 bits per heavy atom. The zero-order valence-electron chi connectivity index (χ0n) is 16.1. The Morgan fingerprint density at radius 2 is 1.93 bits per heavy atom. The van der Waals surface area contributed by atoms with Gasteiger partial charge in [-0.25, -0.2) is 9.18 Å². The number of aliphatic hydroxyl groups is 1. The molecule has 29 heavy (non-hydrogen) atoms. The van der Waals surface area contributed by atoms with Crippen molar-refractivity contribution in [3.63, 3.8) is 0 Å². The van der Waals surface area contributed by atoms with E-state index in [-0.39, 0.29) is 29.0 Å². The summed E-state index contributed by atoms with van der Waals surface area (Å²) in [4.78, 5) is 23.2. The molecule has 5 heteroatoms. The fourth-order valence-electron chi connectivity index (χ4n) is 3.92. The first-order chi connectivity index (χ1) is 13.9. The van der Waals surface area contributed by atoms with Crippen molar-refractivity contribution in [2.24, 2.45) is 11.8 Å². The maximum atomic E-state index is 13.3. The Balaban J connectivity index is 1.56. The molecule has 2 aromatic carbocycles. The molecule has 0 heterocycles. The van der Waals surface area contributed by atoms with Gasteiger partial charge in [0.15, 0.2) is 0 Å². The summed E-state index contributed by atoms with van der Waals surface area (Å²) in [5.74, 6) is -1.04. The van der Waals surface area contributed by atoms with Crippen LogP contribution in [0.15, 0.2) is 60.7 Å². The molecule has 4 nitrogen and oxygen atoms in total. The van der Waals surface area contributed by atoms with Gasteiger partial charge in [-0.2, -0.15) is 0 Å². The highest BCUT2D eigenvalue weighted by Crippen LogP contribution is 2.33. The Kier molecular flexibility index (Phi) is 6.94. The van der Waals surface area contributed by atoms with E-state index >= 15 is 0 Å². The number of aromatic carboxylic acids is 1. The van der Waals surface area contributed by atoms with Crippen molar-refractivity contribution in [1.82, 2.24) is 0 Å². The van der Waals surface area contributed by atoms with Crippen molar-refractivity contribution in [3.8, 4) is 0 Å². The van der Waals surface area contributed by atoms with Crippen molar-refractivity contribution in [1.29, 1.82) is 0 Å². The van der Waals surface area contributed by atoms with Crippen molar-refractivity contribution in [3.05, 3.63) is 83.2 Å². The lowest BCUT2D eigenvalue weighted by molar-refractivity contribution is -0.121. The molecule has 2 aromatic rings. The fraction of sp³-hybridized carbons (Fsp3) is 0.333. The Hall–Kier alpha value is -2.79. The van der Waals surface area contributed by atoms with Crippen LogP contribution in [0, 0.1) is 17.7 Å². The average molecular weight is 396 g/mol. The number of allylic oxidation sites excluding steroid dienone is 1. The maximum Gasteiger partial charge on any atom is 0.335 e. The van der Waals surface area contributed by atoms with E-state index in [1.165, 1.54) is 12.1 Å². The van der Waals surface area contributed by atoms with E-state index in [4.69, 9.17) is 5.11 Å². The van der Waals surface area contributed by atoms with Gasteiger partial charge in [0.1, 0.15) is 11.6 Å². The molecule has 1 fully saturated rings. The quantitative estimate of drug-likeness (QED) is 0.656. The summed E-state index contributed by atoms with van der Waals surface area (Å²) in [5, 5.41) is 19.2. The lowest BCUT2D eigenvalue weighted by Crippen LogP contribution is -2.15. The molecule has 1 unspecified atom stereocenters. The van der Waals surface area contributed by atoms with Crippen molar-refractivity contribution >= 4 is 11.8 Å². The summed E-state index contributed by atoms with van der Waals surface area (Å²) < 4.78 is 13.3. The topological polar surface area (TPSA) is 74.6 Å². The molecule has 0 spiro atoms. The summed E-state index contributed by atoms with van der Waals surface area (Å²) >= 11 is 0. The predicted molar refractivity (Wildman–Crippen MR) is 108 cm³/mol. The minimum absolute atomic E-state index is 0.0861. The van der Waals surface area contributed by atoms with Crippen LogP contribution >= 0.6 is 0 Å². The van der Waals surface area contributed by atoms with Gasteiger partial charge >= 0.3 is 5.97 Å². The molecular weight excluding hydrogens is 371 g/mol. The van der Waals surface area contributed by atoms with Crippen molar-refractivity contribution in [2.45, 2.75) is 38.2 Å². The van der Waals surface area contributed by atoms with Crippen LogP contribution in [0.4, 0.5) is 4.39 Å². The van der Waals surface area contributed by atoms with Gasteiger partial charge < -0.3 is 10.2 Å². The SMILES string of the molecule is O=C(O)c1ccc(CC[C@H]2C(=O)CC[C@@H]2C=CC(O)Cc2cccc(F)c2)cc1. The molecule has 0 radical (unpaired) electrons. The predicted octanol–water partition coefficient (Wildman–Crippen LogP) is 4.21. The Labute approximate surface area is 169 Å². The minimum atomic E-state index is -0.954. The number of carboxylic acid groups (broad SMARTS) is 1. The van der Waals surface area contributed by atoms with Crippen molar-refractivity contribution in [2.75, 3.05) is 0 Å². The molecule has 0 aromatic heterocycles. The highest BCUT2D eigenvalue weighted by molar-refractivity contribution is 5.87. The fourth-order valence-corrected chi connectivity index (χ4v) is 3.92. The van der Waals surface area contributed by atoms with E-state index in [1.807, 2.05) is 6.08 Å². The standard InChI is InChI=1S/C24H25FO4/c25-20-3-1-2-17(14-20)15-21(26)11-9-18-10-13-23(27)22(18)12-6-16-4-7-19(8-5-16)24(28)29/h1-5,7-9,11,14,18,21-22,26H,6,10,12-13,15H2,(H,28,29)/t18-,21?,22+/m0/s1. The van der Waals surface area contributed by atoms with E-state index in [1.54, 1.807) is 42.5 Å². The molecule has 1 saturated carbocycles. The minimum Gasteiger partial charge on any atom is -0.478 e. The molecule has 0 bridgehead atoms. The summed E-state index contributed by atoms with van der Waals surface area (Å²) in [5.41, 5.74) is 1.98. The lowest BCUT2D eigenvalue weighted by atomic mass is 9.88. The summed E-state index contributed by atoms with van der Waals surface area (Å²) in [6, 6.07) is 12.9. The van der Waals surface area contributed by atoms with Gasteiger partial charge in [-0.05, 0) is 60.6 Å². The number of ketones is 1. The van der Waals surface area contributed by atoms with E-state index < -0.39 is 12.1 Å². The van der Waals surface area contributed by atoms with Crippen LogP contribution < -0.4 is 0 Å². The third-order valence-electron chi connectivity index (χ3n) is 5.51. The Morgan fingerprint density at radius 3 is 2.62 bits per heavy atom. The molecule has 0 aliphatic heterocycles. The molecule has 3 atom stereocenters. The number of benzene rings is 2. The number of halogens is 1. The number of hydrogen-bond donors (Lipinski definition) is 2. The first-order valence-corrected chi connectivity index (χ1v) is 9.88. The van der Waals surface area contributed by atoms with Crippen LogP contribution in [0.5, 0.6) is 0 Å². The first kappa shape index (κ1) is 20.9. The van der Waals surface area contributed by atoms with Crippen LogP contribution in [-0.4, -0.2) is 28.1 Å². The highest BCUT2D eigenvalue weighted by Gasteiger charge is 2.32. The van der Waals surface area contributed by atoms with Gasteiger partial charge in [-0.3, -0.25) is 4.79 Å². The molecular formula is C24H25FO4. The summed E-state index contributed by atoms with van der Waals surface area (Å²) in [7, 11) is 0. The summed E-state index contributed by atoms with van der Waals surface area (Å²) in [6.07, 6.45) is 5.94. The zero-order valence-corrected chi connectivity index (χ0v) is 16.1. The van der Waals surface area contributed by atoms with Gasteiger partial charge in [0.2, 0.25) is 0 Å². The Bertz CT molecular complexity index is 888. The number of aryl methyl sites for hydroxylation is 1. The molecule has 152 valence electrons. The average Bonchev–Trinajstić information content (AvgIpc) is 3.04. The number of aliphatic hydroxyl groups excluding tert-OH is 1. The largest absolute Gasteiger partial charge is 0.478 e. The van der Waals surface area contributed by atoms with Crippen LogP contribution in [0.3, 0.4) is 0 Å². The van der Waals surface area contributed by atoms with Gasteiger partial charge in [-0.1, -0.05) is 36.4 Å². The molecule has 2 N–H and O–H groups in total. The number of hydrogen-bond acceptors (Lipinski definition) is 3. The second kappa shape index (κ2) is 9.61. The third kappa shape index (κ3) is 5.84. The van der Waals surface area contributed by atoms with Crippen LogP contribution in [-0.2, 0) is 17.6 Å². The van der Waals surface area contributed by atoms with Gasteiger partial charge in [0, 0.05) is 18.8 Å². The highest BCUT2D eigenvalue weighted by atomic mass is 19.1. The molecule has 0 amide bonds. The van der Waals surface area contributed by atoms with Gasteiger partial charge in [0.05, 0.1) is 11.7 Å². The van der Waals surface area contributed by atoms with E-state index in [0.717, 1.165) is 17.5 Å². The zero-order chi connectivity index (χ0) is 20.8. The normalized spacial score (nSPS) is 20.3. The lowest BCUT2D eigenvalue weighted by Gasteiger charge is -2.16. The number of carbonyl (C=O) groups excluding carboxylic acids is 1. The van der Waals surface area contributed by atoms with Crippen LogP contribution in [0.25, 0.3) is 0 Å². The molecule has 3 rings (SSSR count). The van der Waals surface area contributed by atoms with Crippen LogP contribution in [0.2, 0.25) is 0 Å². The van der Waals surface area contributed by atoms with Gasteiger partial charge in [0.25, 0.3) is 0 Å². The monoisotopic (exact) mass is 396 g/mol.